The Labute approximate surface area is 173 Å². The van der Waals surface area contributed by atoms with Gasteiger partial charge in [-0.25, -0.2) is 4.98 Å². The summed E-state index contributed by atoms with van der Waals surface area (Å²) in [4.78, 5) is 23.8. The maximum absolute atomic E-state index is 13.2. The lowest BCUT2D eigenvalue weighted by molar-refractivity contribution is -0.0449. The summed E-state index contributed by atoms with van der Waals surface area (Å²) in [5.74, 6) is 0.492. The Morgan fingerprint density at radius 2 is 2.28 bits per heavy atom. The maximum atomic E-state index is 13.2. The van der Waals surface area contributed by atoms with Crippen LogP contribution in [0.2, 0.25) is 0 Å². The number of ether oxygens (including phenoxy) is 1. The highest BCUT2D eigenvalue weighted by molar-refractivity contribution is 7.13. The Kier molecular flexibility index (Phi) is 4.93. The molecule has 1 amide bonds. The minimum absolute atomic E-state index is 0.0512. The molecule has 2 fully saturated rings. The van der Waals surface area contributed by atoms with E-state index in [1.165, 1.54) is 0 Å². The number of likely N-dealkylation sites (tertiary alicyclic amines) is 1. The molecule has 2 aliphatic heterocycles. The topological polar surface area (TPSA) is 67.4 Å². The minimum Gasteiger partial charge on any atom is -0.373 e. The van der Waals surface area contributed by atoms with Crippen LogP contribution in [0.4, 0.5) is 5.13 Å². The van der Waals surface area contributed by atoms with Crippen molar-refractivity contribution in [3.63, 3.8) is 0 Å². The molecule has 6 nitrogen and oxygen atoms in total. The van der Waals surface area contributed by atoms with E-state index in [1.807, 2.05) is 46.8 Å². The van der Waals surface area contributed by atoms with E-state index in [-0.39, 0.29) is 11.5 Å². The molecular weight excluding hydrogens is 384 g/mol. The molecule has 1 N–H and O–H groups in total. The van der Waals surface area contributed by atoms with E-state index in [0.29, 0.717) is 18.0 Å². The van der Waals surface area contributed by atoms with E-state index in [9.17, 15) is 4.79 Å². The fourth-order valence-corrected chi connectivity index (χ4v) is 5.08. The van der Waals surface area contributed by atoms with Crippen molar-refractivity contribution in [2.45, 2.75) is 24.9 Å². The number of carbonyl (C=O) groups excluding carboxylic acids is 1. The molecule has 5 rings (SSSR count). The number of piperidine rings is 1. The monoisotopic (exact) mass is 408 g/mol. The molecule has 4 heterocycles. The predicted molar refractivity (Wildman–Crippen MR) is 114 cm³/mol. The standard InChI is InChI=1S/C22H24N4O2S/c27-20(18-10-17-4-1-2-5-19(17)24-13-18)26-8-3-6-22(15-26)11-16(14-28-22)12-25-21-23-7-9-29-21/h1-2,4-5,7,9-10,13,16H,3,6,8,11-12,14-15H2,(H,23,25). The fourth-order valence-electron chi connectivity index (χ4n) is 4.54. The van der Waals surface area contributed by atoms with E-state index in [0.717, 1.165) is 55.0 Å². The summed E-state index contributed by atoms with van der Waals surface area (Å²) in [5.41, 5.74) is 1.35. The highest BCUT2D eigenvalue weighted by atomic mass is 32.1. The van der Waals surface area contributed by atoms with Crippen LogP contribution >= 0.6 is 11.3 Å². The predicted octanol–water partition coefficient (Wildman–Crippen LogP) is 3.81. The van der Waals surface area contributed by atoms with Crippen LogP contribution in [0.3, 0.4) is 0 Å². The van der Waals surface area contributed by atoms with E-state index in [4.69, 9.17) is 4.74 Å². The highest BCUT2D eigenvalue weighted by Gasteiger charge is 2.44. The molecule has 150 valence electrons. The minimum atomic E-state index is -0.215. The van der Waals surface area contributed by atoms with Crippen molar-refractivity contribution in [3.8, 4) is 0 Å². The molecule has 2 aromatic heterocycles. The lowest BCUT2D eigenvalue weighted by Gasteiger charge is -2.39. The molecule has 0 bridgehead atoms. The van der Waals surface area contributed by atoms with Crippen molar-refractivity contribution in [2.75, 3.05) is 31.6 Å². The SMILES string of the molecule is O=C(c1cnc2ccccc2c1)N1CCCC2(CC(CNc3nccs3)CO2)C1. The number of anilines is 1. The highest BCUT2D eigenvalue weighted by Crippen LogP contribution is 2.38. The number of hydrogen-bond acceptors (Lipinski definition) is 6. The molecule has 2 atom stereocenters. The van der Waals surface area contributed by atoms with Crippen LogP contribution in [0.5, 0.6) is 0 Å². The van der Waals surface area contributed by atoms with Crippen LogP contribution < -0.4 is 5.32 Å². The zero-order valence-electron chi connectivity index (χ0n) is 16.2. The van der Waals surface area contributed by atoms with Gasteiger partial charge in [0.1, 0.15) is 0 Å². The zero-order valence-corrected chi connectivity index (χ0v) is 17.0. The molecule has 29 heavy (non-hydrogen) atoms. The van der Waals surface area contributed by atoms with Crippen LogP contribution in [-0.2, 0) is 4.74 Å². The lowest BCUT2D eigenvalue weighted by atomic mass is 9.86. The number of thiazole rings is 1. The first-order valence-corrected chi connectivity index (χ1v) is 11.0. The van der Waals surface area contributed by atoms with Crippen LogP contribution in [0.15, 0.2) is 48.1 Å². The molecule has 2 saturated heterocycles. The van der Waals surface area contributed by atoms with Crippen LogP contribution in [0, 0.1) is 5.92 Å². The van der Waals surface area contributed by atoms with Crippen molar-refractivity contribution in [1.29, 1.82) is 0 Å². The van der Waals surface area contributed by atoms with Gasteiger partial charge in [-0.05, 0) is 31.4 Å². The van der Waals surface area contributed by atoms with E-state index in [1.54, 1.807) is 17.5 Å². The molecule has 1 aromatic carbocycles. The Balaban J connectivity index is 1.25. The normalized spacial score (nSPS) is 24.3. The van der Waals surface area contributed by atoms with E-state index < -0.39 is 0 Å². The summed E-state index contributed by atoms with van der Waals surface area (Å²) in [6.45, 7) is 3.03. The summed E-state index contributed by atoms with van der Waals surface area (Å²) in [7, 11) is 0. The number of rotatable bonds is 4. The maximum Gasteiger partial charge on any atom is 0.255 e. The van der Waals surface area contributed by atoms with Crippen molar-refractivity contribution in [1.82, 2.24) is 14.9 Å². The first kappa shape index (κ1) is 18.5. The lowest BCUT2D eigenvalue weighted by Crippen LogP contribution is -2.50. The number of fused-ring (bicyclic) bond motifs is 1. The van der Waals surface area contributed by atoms with Crippen LogP contribution in [0.1, 0.15) is 29.6 Å². The summed E-state index contributed by atoms with van der Waals surface area (Å²) in [5, 5.41) is 7.33. The third-order valence-electron chi connectivity index (χ3n) is 5.92. The summed E-state index contributed by atoms with van der Waals surface area (Å²) < 4.78 is 6.28. The van der Waals surface area contributed by atoms with Gasteiger partial charge in [-0.15, -0.1) is 11.3 Å². The molecule has 1 spiro atoms. The zero-order chi connectivity index (χ0) is 19.7. The van der Waals surface area contributed by atoms with Crippen molar-refractivity contribution in [2.24, 2.45) is 5.92 Å². The number of aromatic nitrogens is 2. The Morgan fingerprint density at radius 3 is 3.17 bits per heavy atom. The Morgan fingerprint density at radius 1 is 1.34 bits per heavy atom. The van der Waals surface area contributed by atoms with E-state index in [2.05, 4.69) is 15.3 Å². The Hall–Kier alpha value is -2.51. The van der Waals surface area contributed by atoms with Gasteiger partial charge < -0.3 is 15.0 Å². The third kappa shape index (κ3) is 3.84. The number of pyridine rings is 1. The number of amides is 1. The second-order valence-corrected chi connectivity index (χ2v) is 8.92. The van der Waals surface area contributed by atoms with Crippen molar-refractivity contribution >= 4 is 33.3 Å². The van der Waals surface area contributed by atoms with Gasteiger partial charge >= 0.3 is 0 Å². The molecular formula is C22H24N4O2S. The van der Waals surface area contributed by atoms with Gasteiger partial charge in [0, 0.05) is 48.7 Å². The van der Waals surface area contributed by atoms with E-state index >= 15 is 0 Å². The van der Waals surface area contributed by atoms with Gasteiger partial charge in [0.25, 0.3) is 5.91 Å². The van der Waals surface area contributed by atoms with Gasteiger partial charge in [-0.3, -0.25) is 9.78 Å². The number of carbonyl (C=O) groups is 1. The molecule has 2 unspecified atom stereocenters. The number of nitrogens with one attached hydrogen (secondary N) is 1. The van der Waals surface area contributed by atoms with Crippen LogP contribution in [0.25, 0.3) is 10.9 Å². The molecule has 7 heteroatoms. The summed E-state index contributed by atoms with van der Waals surface area (Å²) in [6, 6.07) is 9.84. The van der Waals surface area contributed by atoms with Gasteiger partial charge in [-0.2, -0.15) is 0 Å². The fraction of sp³-hybridized carbons (Fsp3) is 0.409. The number of para-hydroxylation sites is 1. The van der Waals surface area contributed by atoms with Crippen molar-refractivity contribution in [3.05, 3.63) is 53.7 Å². The van der Waals surface area contributed by atoms with Gasteiger partial charge in [0.05, 0.1) is 23.3 Å². The second kappa shape index (κ2) is 7.72. The molecule has 2 aliphatic rings. The largest absolute Gasteiger partial charge is 0.373 e. The Bertz CT molecular complexity index is 1010. The molecule has 0 radical (unpaired) electrons. The first-order chi connectivity index (χ1) is 14.2. The molecule has 3 aromatic rings. The summed E-state index contributed by atoms with van der Waals surface area (Å²) >= 11 is 1.61. The molecule has 0 aliphatic carbocycles. The van der Waals surface area contributed by atoms with Gasteiger partial charge in [0.2, 0.25) is 0 Å². The van der Waals surface area contributed by atoms with Crippen molar-refractivity contribution < 1.29 is 9.53 Å². The molecule has 0 saturated carbocycles. The average molecular weight is 409 g/mol. The van der Waals surface area contributed by atoms with Gasteiger partial charge in [0.15, 0.2) is 5.13 Å². The van der Waals surface area contributed by atoms with Crippen LogP contribution in [-0.4, -0.2) is 52.6 Å². The van der Waals surface area contributed by atoms with Gasteiger partial charge in [-0.1, -0.05) is 18.2 Å². The second-order valence-electron chi connectivity index (χ2n) is 8.03. The third-order valence-corrected chi connectivity index (χ3v) is 6.66. The quantitative estimate of drug-likeness (QED) is 0.711. The first-order valence-electron chi connectivity index (χ1n) is 10.1. The summed E-state index contributed by atoms with van der Waals surface area (Å²) in [6.07, 6.45) is 6.47. The number of hydrogen-bond donors (Lipinski definition) is 1. The average Bonchev–Trinajstić information content (AvgIpc) is 3.42. The smallest absolute Gasteiger partial charge is 0.255 e. The number of benzene rings is 1. The number of nitrogens with zero attached hydrogens (tertiary/aromatic N) is 3.